The number of nitrogens with two attached hydrogens (primary N) is 1. The molecule has 0 bridgehead atoms. The summed E-state index contributed by atoms with van der Waals surface area (Å²) in [5.74, 6) is 0.426. The molecule has 33 heavy (non-hydrogen) atoms. The van der Waals surface area contributed by atoms with Crippen LogP contribution >= 0.6 is 47.8 Å². The lowest BCUT2D eigenvalue weighted by Crippen LogP contribution is -2.03. The van der Waals surface area contributed by atoms with Gasteiger partial charge < -0.3 is 15.2 Å². The van der Waals surface area contributed by atoms with Gasteiger partial charge in [-0.1, -0.05) is 53.9 Å². The molecule has 0 aliphatic heterocycles. The lowest BCUT2D eigenvalue weighted by molar-refractivity contribution is 0.0600. The zero-order valence-electron chi connectivity index (χ0n) is 18.0. The number of ether oxygens (including phenoxy) is 2. The van der Waals surface area contributed by atoms with Crippen molar-refractivity contribution in [3.05, 3.63) is 90.3 Å². The second-order valence-corrected chi connectivity index (χ2v) is 10.5. The van der Waals surface area contributed by atoms with Crippen LogP contribution in [0.15, 0.2) is 68.0 Å². The lowest BCUT2D eigenvalue weighted by Gasteiger charge is -2.16. The van der Waals surface area contributed by atoms with E-state index in [2.05, 4.69) is 53.9 Å². The Hall–Kier alpha value is -2.09. The average molecular weight is 636 g/mol. The van der Waals surface area contributed by atoms with Gasteiger partial charge in [0.25, 0.3) is 0 Å². The van der Waals surface area contributed by atoms with Crippen LogP contribution in [-0.2, 0) is 11.3 Å². The van der Waals surface area contributed by atoms with E-state index in [1.807, 2.05) is 42.5 Å². The van der Waals surface area contributed by atoms with Crippen LogP contribution in [0.3, 0.4) is 0 Å². The Kier molecular flexibility index (Phi) is 7.62. The van der Waals surface area contributed by atoms with Gasteiger partial charge in [-0.2, -0.15) is 0 Å². The summed E-state index contributed by atoms with van der Waals surface area (Å²) in [6, 6.07) is 17.6. The molecule has 4 nitrogen and oxygen atoms in total. The zero-order valence-corrected chi connectivity index (χ0v) is 22.7. The molecule has 0 fully saturated rings. The first-order valence-corrected chi connectivity index (χ1v) is 12.8. The highest BCUT2D eigenvalue weighted by Gasteiger charge is 2.22. The van der Waals surface area contributed by atoms with Crippen LogP contribution in [0.4, 0.5) is 5.69 Å². The number of allylic oxidation sites excluding steroid dienone is 2. The number of hydrogen-bond donors (Lipinski definition) is 1. The largest absolute Gasteiger partial charge is 0.488 e. The number of anilines is 1. The monoisotopic (exact) mass is 633 g/mol. The van der Waals surface area contributed by atoms with Crippen LogP contribution in [0.5, 0.6) is 5.75 Å². The van der Waals surface area contributed by atoms with Crippen molar-refractivity contribution in [3.63, 3.8) is 0 Å². The second-order valence-electron chi connectivity index (χ2n) is 7.81. The molecule has 0 unspecified atom stereocenters. The molecule has 0 saturated carbocycles. The first-order chi connectivity index (χ1) is 15.9. The van der Waals surface area contributed by atoms with Crippen LogP contribution in [-0.4, -0.2) is 13.1 Å². The summed E-state index contributed by atoms with van der Waals surface area (Å²) in [5.41, 5.74) is 12.6. The van der Waals surface area contributed by atoms with Gasteiger partial charge >= 0.3 is 5.97 Å². The van der Waals surface area contributed by atoms with Gasteiger partial charge in [0.05, 0.1) is 12.7 Å². The van der Waals surface area contributed by atoms with Gasteiger partial charge in [-0.25, -0.2) is 4.79 Å². The van der Waals surface area contributed by atoms with Crippen LogP contribution < -0.4 is 10.5 Å². The first kappa shape index (κ1) is 24.0. The Bertz CT molecular complexity index is 1250. The van der Waals surface area contributed by atoms with Crippen LogP contribution in [0.2, 0.25) is 0 Å². The van der Waals surface area contributed by atoms with E-state index in [1.54, 1.807) is 6.07 Å². The van der Waals surface area contributed by atoms with E-state index in [-0.39, 0.29) is 0 Å². The van der Waals surface area contributed by atoms with Crippen molar-refractivity contribution in [3.8, 4) is 5.75 Å². The van der Waals surface area contributed by atoms with Crippen molar-refractivity contribution in [1.29, 1.82) is 0 Å². The minimum absolute atomic E-state index is 0.393. The van der Waals surface area contributed by atoms with Crippen molar-refractivity contribution in [2.75, 3.05) is 12.8 Å². The highest BCUT2D eigenvalue weighted by atomic mass is 79.9. The molecular formula is C26H22Br3NO3. The molecule has 0 heterocycles. The van der Waals surface area contributed by atoms with Gasteiger partial charge in [0.15, 0.2) is 0 Å². The van der Waals surface area contributed by atoms with Crippen LogP contribution in [0.25, 0.3) is 11.1 Å². The summed E-state index contributed by atoms with van der Waals surface area (Å²) in [4.78, 5) is 12.1. The third-order valence-corrected chi connectivity index (χ3v) is 7.33. The van der Waals surface area contributed by atoms with E-state index in [0.29, 0.717) is 17.9 Å². The fourth-order valence-electron chi connectivity index (χ4n) is 4.08. The van der Waals surface area contributed by atoms with Gasteiger partial charge in [-0.05, 0) is 84.5 Å². The maximum atomic E-state index is 12.1. The number of benzene rings is 3. The Morgan fingerprint density at radius 1 is 0.939 bits per heavy atom. The zero-order chi connectivity index (χ0) is 23.5. The molecule has 0 atom stereocenters. The predicted octanol–water partition coefficient (Wildman–Crippen LogP) is 8.02. The maximum Gasteiger partial charge on any atom is 0.337 e. The fraction of sp³-hybridized carbons (Fsp3) is 0.192. The molecule has 4 rings (SSSR count). The number of esters is 1. The summed E-state index contributed by atoms with van der Waals surface area (Å²) < 4.78 is 14.2. The summed E-state index contributed by atoms with van der Waals surface area (Å²) in [6.45, 7) is 0.440. The third kappa shape index (κ3) is 5.53. The lowest BCUT2D eigenvalue weighted by atomic mass is 9.95. The highest BCUT2D eigenvalue weighted by Crippen LogP contribution is 2.44. The van der Waals surface area contributed by atoms with Gasteiger partial charge in [0.2, 0.25) is 0 Å². The molecule has 170 valence electrons. The molecule has 0 amide bonds. The van der Waals surface area contributed by atoms with Gasteiger partial charge in [-0.15, -0.1) is 0 Å². The first-order valence-electron chi connectivity index (χ1n) is 10.4. The molecule has 0 radical (unpaired) electrons. The molecule has 7 heteroatoms. The number of hydrogen-bond acceptors (Lipinski definition) is 4. The molecule has 3 aromatic rings. The van der Waals surface area contributed by atoms with Gasteiger partial charge in [-0.3, -0.25) is 0 Å². The number of carbonyl (C=O) groups is 1. The molecule has 2 N–H and O–H groups in total. The molecule has 0 saturated heterocycles. The van der Waals surface area contributed by atoms with Crippen molar-refractivity contribution in [1.82, 2.24) is 0 Å². The molecule has 3 aromatic carbocycles. The summed E-state index contributed by atoms with van der Waals surface area (Å²) in [6.07, 6.45) is 2.85. The summed E-state index contributed by atoms with van der Waals surface area (Å²) in [5, 5.41) is 0. The maximum absolute atomic E-state index is 12.1. The third-order valence-electron chi connectivity index (χ3n) is 5.61. The van der Waals surface area contributed by atoms with E-state index >= 15 is 0 Å². The van der Waals surface area contributed by atoms with Crippen molar-refractivity contribution in [2.24, 2.45) is 0 Å². The Morgan fingerprint density at radius 3 is 2.42 bits per heavy atom. The van der Waals surface area contributed by atoms with Crippen LogP contribution in [0, 0.1) is 0 Å². The van der Waals surface area contributed by atoms with E-state index in [1.165, 1.54) is 18.3 Å². The molecule has 0 spiro atoms. The predicted molar refractivity (Wildman–Crippen MR) is 143 cm³/mol. The SMILES string of the molecule is COC(=O)c1cc(N)cc(C2=C(c3cc(Br)ccc3OCc3ccc(Br)cc3Br)CCC2)c1. The molecule has 0 aromatic heterocycles. The van der Waals surface area contributed by atoms with Gasteiger partial charge in [0.1, 0.15) is 12.4 Å². The van der Waals surface area contributed by atoms with Gasteiger partial charge in [0, 0.05) is 30.2 Å². The molecule has 1 aliphatic carbocycles. The van der Waals surface area contributed by atoms with E-state index in [4.69, 9.17) is 15.2 Å². The van der Waals surface area contributed by atoms with Crippen molar-refractivity contribution < 1.29 is 14.3 Å². The normalized spacial score (nSPS) is 13.3. The molecular weight excluding hydrogens is 614 g/mol. The number of rotatable bonds is 6. The Labute approximate surface area is 218 Å². The number of nitrogen functional groups attached to an aromatic ring is 1. The highest BCUT2D eigenvalue weighted by molar-refractivity contribution is 9.11. The minimum Gasteiger partial charge on any atom is -0.488 e. The number of methoxy groups -OCH3 is 1. The van der Waals surface area contributed by atoms with Crippen molar-refractivity contribution >= 4 is 70.6 Å². The Morgan fingerprint density at radius 2 is 1.67 bits per heavy atom. The average Bonchev–Trinajstić information content (AvgIpc) is 3.28. The van der Waals surface area contributed by atoms with E-state index in [0.717, 1.165) is 55.1 Å². The van der Waals surface area contributed by atoms with E-state index < -0.39 is 5.97 Å². The van der Waals surface area contributed by atoms with Crippen molar-refractivity contribution in [2.45, 2.75) is 25.9 Å². The number of halogens is 3. The van der Waals surface area contributed by atoms with E-state index in [9.17, 15) is 4.79 Å². The quantitative estimate of drug-likeness (QED) is 0.220. The smallest absolute Gasteiger partial charge is 0.337 e. The number of carbonyl (C=O) groups excluding carboxylic acids is 1. The fourth-order valence-corrected chi connectivity index (χ4v) is 5.60. The topological polar surface area (TPSA) is 61.5 Å². The summed E-state index contributed by atoms with van der Waals surface area (Å²) >= 11 is 10.7. The standard InChI is InChI=1S/C26H22Br3NO3/c1-32-26(31)17-9-16(10-20(30)11-17)21-3-2-4-22(21)23-12-18(27)7-8-25(23)33-14-15-5-6-19(28)13-24(15)29/h5-13H,2-4,14,30H2,1H3. The Balaban J connectivity index is 1.73. The second kappa shape index (κ2) is 10.5. The molecule has 1 aliphatic rings. The van der Waals surface area contributed by atoms with Crippen LogP contribution in [0.1, 0.15) is 46.3 Å². The summed E-state index contributed by atoms with van der Waals surface area (Å²) in [7, 11) is 1.38. The minimum atomic E-state index is -0.393.